The Hall–Kier alpha value is -0.620. The molecule has 0 aliphatic heterocycles. The van der Waals surface area contributed by atoms with E-state index in [-0.39, 0.29) is 19.5 Å². The molecule has 0 radical (unpaired) electrons. The number of nitrogens with one attached hydrogen (secondary N) is 1. The van der Waals surface area contributed by atoms with Gasteiger partial charge in [-0.15, -0.1) is 0 Å². The molecule has 0 heterocycles. The van der Waals surface area contributed by atoms with E-state index in [2.05, 4.69) is 36.9 Å². The summed E-state index contributed by atoms with van der Waals surface area (Å²) in [6.45, 7) is 0. The number of anilines is 1. The van der Waals surface area contributed by atoms with Crippen molar-refractivity contribution in [3.63, 3.8) is 0 Å². The normalized spacial score (nSPS) is 14.7. The minimum Gasteiger partial charge on any atom is -0.335 e. The molecule has 1 rings (SSSR count). The monoisotopic (exact) mass is 488 g/mol. The molecule has 1 unspecified atom stereocenters. The summed E-state index contributed by atoms with van der Waals surface area (Å²) in [7, 11) is -1.57. The van der Waals surface area contributed by atoms with Crippen molar-refractivity contribution in [3.05, 3.63) is 21.1 Å². The van der Waals surface area contributed by atoms with Crippen LogP contribution in [0.25, 0.3) is 0 Å². The van der Waals surface area contributed by atoms with Gasteiger partial charge in [0.05, 0.1) is 21.4 Å². The lowest BCUT2D eigenvalue weighted by molar-refractivity contribution is -0.105. The van der Waals surface area contributed by atoms with Crippen molar-refractivity contribution in [1.29, 1.82) is 0 Å². The highest BCUT2D eigenvalue weighted by Gasteiger charge is 2.36. The summed E-state index contributed by atoms with van der Waals surface area (Å²) in [5.74, 6) is -2.95. The average Bonchev–Trinajstić information content (AvgIpc) is 2.33. The minimum absolute atomic E-state index is 0.0690. The third-order valence-corrected chi connectivity index (χ3v) is 5.30. The first kappa shape index (κ1) is 20.4. The lowest BCUT2D eigenvalue weighted by atomic mass is 10.3. The zero-order chi connectivity index (χ0) is 18.0. The zero-order valence-electron chi connectivity index (χ0n) is 11.1. The predicted octanol–water partition coefficient (Wildman–Crippen LogP) is 4.88. The van der Waals surface area contributed by atoms with Crippen LogP contribution >= 0.6 is 31.9 Å². The molecule has 3 nitrogen and oxygen atoms in total. The molecule has 0 aromatic heterocycles. The first-order valence-electron chi connectivity index (χ1n) is 5.60. The molecule has 0 spiro atoms. The van der Waals surface area contributed by atoms with Crippen molar-refractivity contribution in [3.8, 4) is 0 Å². The maximum atomic E-state index is 12.7. The van der Waals surface area contributed by atoms with Gasteiger partial charge in [0.2, 0.25) is 5.84 Å². The number of nitrogens with zero attached hydrogens (tertiary/aromatic N) is 1. The Morgan fingerprint density at radius 3 is 2.17 bits per heavy atom. The van der Waals surface area contributed by atoms with Crippen LogP contribution < -0.4 is 5.32 Å². The SMILES string of the molecule is CN=C(Nc1cc(S(=O)CC(F)(F)F)c(Br)cc1Br)C(F)(F)F. The summed E-state index contributed by atoms with van der Waals surface area (Å²) in [4.78, 5) is 2.76. The molecule has 0 aliphatic rings. The third-order valence-electron chi connectivity index (χ3n) is 2.31. The number of alkyl halides is 6. The van der Waals surface area contributed by atoms with Gasteiger partial charge in [0.15, 0.2) is 0 Å². The first-order chi connectivity index (χ1) is 10.3. The van der Waals surface area contributed by atoms with Gasteiger partial charge in [-0.2, -0.15) is 26.3 Å². The van der Waals surface area contributed by atoms with Gasteiger partial charge in [-0.1, -0.05) is 0 Å². The van der Waals surface area contributed by atoms with Crippen LogP contribution in [0.2, 0.25) is 0 Å². The van der Waals surface area contributed by atoms with Crippen molar-refractivity contribution in [1.82, 2.24) is 0 Å². The highest BCUT2D eigenvalue weighted by Crippen LogP contribution is 2.34. The number of amidine groups is 1. The summed E-state index contributed by atoms with van der Waals surface area (Å²) < 4.78 is 86.9. The molecule has 12 heteroatoms. The molecule has 0 amide bonds. The van der Waals surface area contributed by atoms with Crippen molar-refractivity contribution in [2.75, 3.05) is 18.1 Å². The molecule has 0 bridgehead atoms. The van der Waals surface area contributed by atoms with E-state index in [1.807, 2.05) is 5.32 Å². The molecule has 0 saturated carbocycles. The Morgan fingerprint density at radius 2 is 1.74 bits per heavy atom. The van der Waals surface area contributed by atoms with Crippen molar-refractivity contribution in [2.45, 2.75) is 17.2 Å². The Labute approximate surface area is 146 Å². The molecule has 0 aliphatic carbocycles. The van der Waals surface area contributed by atoms with Gasteiger partial charge < -0.3 is 5.32 Å². The zero-order valence-corrected chi connectivity index (χ0v) is 15.1. The van der Waals surface area contributed by atoms with E-state index in [1.165, 1.54) is 6.07 Å². The fourth-order valence-corrected chi connectivity index (χ4v) is 4.02. The molecule has 0 saturated heterocycles. The van der Waals surface area contributed by atoms with E-state index < -0.39 is 34.7 Å². The van der Waals surface area contributed by atoms with Crippen LogP contribution in [0.1, 0.15) is 0 Å². The smallest absolute Gasteiger partial charge is 0.335 e. The molecule has 1 aromatic rings. The Bertz CT molecular complexity index is 645. The minimum atomic E-state index is -4.77. The molecular formula is C11H8Br2F6N2OS. The Morgan fingerprint density at radius 1 is 1.17 bits per heavy atom. The molecule has 1 N–H and O–H groups in total. The average molecular weight is 490 g/mol. The van der Waals surface area contributed by atoms with E-state index in [1.54, 1.807) is 0 Å². The quantitative estimate of drug-likeness (QED) is 0.373. The van der Waals surface area contributed by atoms with Crippen molar-refractivity contribution < 1.29 is 30.6 Å². The second-order valence-corrected chi connectivity index (χ2v) is 7.19. The van der Waals surface area contributed by atoms with Crippen LogP contribution in [0.5, 0.6) is 0 Å². The van der Waals surface area contributed by atoms with Gasteiger partial charge in [-0.05, 0) is 44.0 Å². The van der Waals surface area contributed by atoms with Gasteiger partial charge in [0.1, 0.15) is 5.75 Å². The highest BCUT2D eigenvalue weighted by atomic mass is 79.9. The van der Waals surface area contributed by atoms with Gasteiger partial charge in [-0.3, -0.25) is 9.20 Å². The fraction of sp³-hybridized carbons (Fsp3) is 0.364. The van der Waals surface area contributed by atoms with Gasteiger partial charge in [0, 0.05) is 16.0 Å². The van der Waals surface area contributed by atoms with E-state index in [0.29, 0.717) is 0 Å². The highest BCUT2D eigenvalue weighted by molar-refractivity contribution is 9.11. The van der Waals surface area contributed by atoms with Crippen LogP contribution in [0, 0.1) is 0 Å². The van der Waals surface area contributed by atoms with E-state index >= 15 is 0 Å². The summed E-state index contributed by atoms with van der Waals surface area (Å²) >= 11 is 5.92. The summed E-state index contributed by atoms with van der Waals surface area (Å²) in [5.41, 5.74) is -0.211. The Kier molecular flexibility index (Phi) is 6.67. The molecule has 0 fully saturated rings. The maximum Gasteiger partial charge on any atom is 0.449 e. The lowest BCUT2D eigenvalue weighted by Crippen LogP contribution is -2.30. The largest absolute Gasteiger partial charge is 0.449 e. The molecule has 23 heavy (non-hydrogen) atoms. The number of benzene rings is 1. The maximum absolute atomic E-state index is 12.7. The van der Waals surface area contributed by atoms with Crippen LogP contribution in [0.3, 0.4) is 0 Å². The summed E-state index contributed by atoms with van der Waals surface area (Å²) in [5, 5.41) is 1.96. The number of hydrogen-bond donors (Lipinski definition) is 1. The molecular weight excluding hydrogens is 482 g/mol. The van der Waals surface area contributed by atoms with Gasteiger partial charge in [0.25, 0.3) is 0 Å². The van der Waals surface area contributed by atoms with Crippen LogP contribution in [0.4, 0.5) is 32.0 Å². The standard InChI is InChI=1S/C11H8Br2F6N2OS/c1-20-9(11(17,18)19)21-7-3-8(6(13)2-5(7)12)23(22)4-10(14,15)16/h2-3H,4H2,1H3,(H,20,21). The van der Waals surface area contributed by atoms with Gasteiger partial charge >= 0.3 is 12.4 Å². The second kappa shape index (κ2) is 7.51. The predicted molar refractivity (Wildman–Crippen MR) is 82.2 cm³/mol. The van der Waals surface area contributed by atoms with Crippen molar-refractivity contribution >= 4 is 54.2 Å². The van der Waals surface area contributed by atoms with Crippen molar-refractivity contribution in [2.24, 2.45) is 4.99 Å². The van der Waals surface area contributed by atoms with Crippen LogP contribution in [0.15, 0.2) is 31.0 Å². The second-order valence-electron chi connectivity index (χ2n) is 4.06. The van der Waals surface area contributed by atoms with Crippen LogP contribution in [-0.4, -0.2) is 35.2 Å². The van der Waals surface area contributed by atoms with E-state index in [4.69, 9.17) is 0 Å². The fourth-order valence-electron chi connectivity index (χ4n) is 1.41. The number of aliphatic imine (C=N–C) groups is 1. The molecule has 1 aromatic carbocycles. The number of halogens is 8. The van der Waals surface area contributed by atoms with E-state index in [9.17, 15) is 30.6 Å². The van der Waals surface area contributed by atoms with Crippen LogP contribution in [-0.2, 0) is 10.8 Å². The molecule has 130 valence electrons. The topological polar surface area (TPSA) is 41.5 Å². The van der Waals surface area contributed by atoms with Gasteiger partial charge in [-0.25, -0.2) is 0 Å². The molecule has 1 atom stereocenters. The third kappa shape index (κ3) is 6.07. The van der Waals surface area contributed by atoms with E-state index in [0.717, 1.165) is 13.1 Å². The lowest BCUT2D eigenvalue weighted by Gasteiger charge is -2.16. The summed E-state index contributed by atoms with van der Waals surface area (Å²) in [6, 6.07) is 2.14. The number of rotatable bonds is 3. The first-order valence-corrected chi connectivity index (χ1v) is 8.51. The summed E-state index contributed by atoms with van der Waals surface area (Å²) in [6.07, 6.45) is -9.44. The number of hydrogen-bond acceptors (Lipinski definition) is 2. The Balaban J connectivity index is 3.22.